The number of nitrogens with zero attached hydrogens (tertiary/aromatic N) is 4. The van der Waals surface area contributed by atoms with Crippen LogP contribution >= 0.6 is 0 Å². The summed E-state index contributed by atoms with van der Waals surface area (Å²) in [7, 11) is 1.35. The number of H-pyrrole nitrogens is 1. The van der Waals surface area contributed by atoms with Crippen molar-refractivity contribution in [3.05, 3.63) is 126 Å². The molecule has 4 heterocycles. The maximum atomic E-state index is 15.9. The Morgan fingerprint density at radius 2 is 1.66 bits per heavy atom. The fourth-order valence-corrected chi connectivity index (χ4v) is 6.11. The van der Waals surface area contributed by atoms with Crippen molar-refractivity contribution in [2.75, 3.05) is 12.0 Å². The third kappa shape index (κ3) is 5.24. The predicted octanol–water partition coefficient (Wildman–Crippen LogP) is 7.56. The molecule has 8 heteroatoms. The zero-order valence-corrected chi connectivity index (χ0v) is 24.5. The Bertz CT molecular complexity index is 1910. The van der Waals surface area contributed by atoms with Crippen molar-refractivity contribution in [2.24, 2.45) is 0 Å². The molecule has 1 N–H and O–H groups in total. The highest BCUT2D eigenvalue weighted by Gasteiger charge is 2.23. The summed E-state index contributed by atoms with van der Waals surface area (Å²) >= 11 is 0. The van der Waals surface area contributed by atoms with Crippen LogP contribution in [0.4, 0.5) is 10.2 Å². The van der Waals surface area contributed by atoms with E-state index in [-0.39, 0.29) is 5.82 Å². The number of hydrogen-bond donors (Lipinski definition) is 1. The quantitative estimate of drug-likeness (QED) is 0.187. The second kappa shape index (κ2) is 11.8. The van der Waals surface area contributed by atoms with Gasteiger partial charge in [-0.05, 0) is 48.6 Å². The van der Waals surface area contributed by atoms with Crippen LogP contribution in [0, 0.1) is 5.82 Å². The Hall–Kier alpha value is -5.24. The van der Waals surface area contributed by atoms with E-state index >= 15 is 4.39 Å². The lowest BCUT2D eigenvalue weighted by Gasteiger charge is -2.25. The van der Waals surface area contributed by atoms with Gasteiger partial charge in [-0.2, -0.15) is 0 Å². The summed E-state index contributed by atoms with van der Waals surface area (Å²) in [4.78, 5) is 27.8. The van der Waals surface area contributed by atoms with Crippen molar-refractivity contribution in [2.45, 2.75) is 38.9 Å². The van der Waals surface area contributed by atoms with Crippen molar-refractivity contribution in [1.29, 1.82) is 0 Å². The van der Waals surface area contributed by atoms with Crippen molar-refractivity contribution in [1.82, 2.24) is 19.5 Å². The second-order valence-corrected chi connectivity index (χ2v) is 11.2. The number of rotatable bonds is 8. The number of imidazole rings is 1. The largest absolute Gasteiger partial charge is 0.465 e. The van der Waals surface area contributed by atoms with Gasteiger partial charge in [0.2, 0.25) is 0 Å². The van der Waals surface area contributed by atoms with E-state index in [1.165, 1.54) is 12.8 Å². The van der Waals surface area contributed by atoms with Gasteiger partial charge in [0.1, 0.15) is 11.6 Å². The molecule has 0 saturated carbocycles. The van der Waals surface area contributed by atoms with E-state index in [2.05, 4.69) is 43.7 Å². The Morgan fingerprint density at radius 1 is 0.932 bits per heavy atom. The average Bonchev–Trinajstić information content (AvgIpc) is 3.70. The number of carbonyl (C=O) groups excluding carboxylic acids is 1. The van der Waals surface area contributed by atoms with Crippen molar-refractivity contribution in [3.8, 4) is 22.6 Å². The van der Waals surface area contributed by atoms with Crippen LogP contribution in [0.5, 0.6) is 0 Å². The van der Waals surface area contributed by atoms with Gasteiger partial charge in [0.25, 0.3) is 0 Å². The number of ether oxygens (including phenoxy) is 1. The number of fused-ring (bicyclic) bond motifs is 2. The van der Waals surface area contributed by atoms with Crippen LogP contribution in [0.2, 0.25) is 0 Å². The summed E-state index contributed by atoms with van der Waals surface area (Å²) in [5, 5.41) is 0.619. The number of halogens is 1. The number of aromatic nitrogens is 4. The van der Waals surface area contributed by atoms with Crippen molar-refractivity contribution in [3.63, 3.8) is 0 Å². The smallest absolute Gasteiger partial charge is 0.340 e. The predicted molar refractivity (Wildman–Crippen MR) is 170 cm³/mol. The molecule has 7 rings (SSSR count). The van der Waals surface area contributed by atoms with E-state index in [0.717, 1.165) is 48.3 Å². The maximum absolute atomic E-state index is 15.9. The Morgan fingerprint density at radius 3 is 2.34 bits per heavy atom. The number of methoxy groups -OCH3 is 1. The molecular formula is C36H32FN5O2. The summed E-state index contributed by atoms with van der Waals surface area (Å²) in [6.07, 6.45) is 6.68. The summed E-state index contributed by atoms with van der Waals surface area (Å²) in [6, 6.07) is 27.4. The number of esters is 1. The number of hydrogen-bond acceptors (Lipinski definition) is 5. The van der Waals surface area contributed by atoms with Gasteiger partial charge in [-0.1, -0.05) is 66.7 Å². The summed E-state index contributed by atoms with van der Waals surface area (Å²) in [5.74, 6) is 0.574. The van der Waals surface area contributed by atoms with E-state index in [9.17, 15) is 4.79 Å². The topological polar surface area (TPSA) is 76.0 Å². The van der Waals surface area contributed by atoms with Crippen LogP contribution in [0.3, 0.4) is 0 Å². The van der Waals surface area contributed by atoms with Crippen molar-refractivity contribution >= 4 is 22.7 Å². The molecule has 0 atom stereocenters. The first-order valence-electron chi connectivity index (χ1n) is 14.9. The lowest BCUT2D eigenvalue weighted by molar-refractivity contribution is 0.0602. The van der Waals surface area contributed by atoms with Gasteiger partial charge in [-0.25, -0.2) is 19.2 Å². The van der Waals surface area contributed by atoms with E-state index in [1.54, 1.807) is 18.3 Å². The molecule has 1 aliphatic heterocycles. The van der Waals surface area contributed by atoms with Gasteiger partial charge in [0.05, 0.1) is 18.2 Å². The summed E-state index contributed by atoms with van der Waals surface area (Å²) in [6.45, 7) is 2.06. The maximum Gasteiger partial charge on any atom is 0.340 e. The molecule has 3 aromatic heterocycles. The minimum Gasteiger partial charge on any atom is -0.465 e. The summed E-state index contributed by atoms with van der Waals surface area (Å²) < 4.78 is 23.2. The molecule has 0 spiro atoms. The fraction of sp³-hybridized carbons (Fsp3) is 0.194. The van der Waals surface area contributed by atoms with Crippen LogP contribution in [0.1, 0.15) is 40.0 Å². The van der Waals surface area contributed by atoms with Crippen LogP contribution in [0.15, 0.2) is 97.3 Å². The van der Waals surface area contributed by atoms with E-state index in [0.29, 0.717) is 46.6 Å². The number of aromatic amines is 1. The third-order valence-corrected chi connectivity index (χ3v) is 8.31. The number of aryl methyl sites for hydroxylation is 1. The second-order valence-electron chi connectivity index (χ2n) is 11.2. The standard InChI is InChI=1S/C36H32FN5O2/c1-44-36(43)30-21-39-35(41(22-24-10-4-2-5-11-24)23-25-12-6-3-7-13-25)33-29(30)19-32(40-33)28-16-15-26(18-31(28)37)34-38-20-27-14-8-9-17-42(27)34/h2-7,10-13,15-16,18-21,40H,8-9,14,17,22-23H2,1H3. The molecule has 0 aliphatic carbocycles. The van der Waals surface area contributed by atoms with Gasteiger partial charge in [-0.15, -0.1) is 0 Å². The van der Waals surface area contributed by atoms with Crippen LogP contribution in [-0.2, 0) is 30.8 Å². The molecule has 7 nitrogen and oxygen atoms in total. The van der Waals surface area contributed by atoms with Gasteiger partial charge < -0.3 is 19.2 Å². The molecule has 0 saturated heterocycles. The molecule has 1 aliphatic rings. The normalized spacial score (nSPS) is 12.7. The molecule has 6 aromatic rings. The highest BCUT2D eigenvalue weighted by Crippen LogP contribution is 2.35. The summed E-state index contributed by atoms with van der Waals surface area (Å²) in [5.41, 5.74) is 6.06. The van der Waals surface area contributed by atoms with E-state index in [4.69, 9.17) is 9.72 Å². The minimum atomic E-state index is -0.503. The van der Waals surface area contributed by atoms with Gasteiger partial charge in [-0.3, -0.25) is 0 Å². The van der Waals surface area contributed by atoms with E-state index < -0.39 is 5.97 Å². The average molecular weight is 586 g/mol. The monoisotopic (exact) mass is 585 g/mol. The highest BCUT2D eigenvalue weighted by atomic mass is 19.1. The zero-order valence-electron chi connectivity index (χ0n) is 24.5. The zero-order chi connectivity index (χ0) is 30.0. The molecule has 0 bridgehead atoms. The van der Waals surface area contributed by atoms with Gasteiger partial charge in [0.15, 0.2) is 5.82 Å². The Labute approximate surface area is 255 Å². The number of anilines is 1. The Balaban J connectivity index is 1.33. The first kappa shape index (κ1) is 27.6. The first-order valence-corrected chi connectivity index (χ1v) is 14.9. The molecule has 0 fully saturated rings. The number of carbonyl (C=O) groups is 1. The lowest BCUT2D eigenvalue weighted by Crippen LogP contribution is -2.24. The van der Waals surface area contributed by atoms with Gasteiger partial charge in [0, 0.05) is 59.9 Å². The van der Waals surface area contributed by atoms with Crippen LogP contribution in [0.25, 0.3) is 33.5 Å². The molecule has 3 aromatic carbocycles. The molecule has 0 unspecified atom stereocenters. The van der Waals surface area contributed by atoms with E-state index in [1.807, 2.05) is 54.7 Å². The minimum absolute atomic E-state index is 0.314. The number of pyridine rings is 1. The molecule has 0 amide bonds. The van der Waals surface area contributed by atoms with Crippen molar-refractivity contribution < 1.29 is 13.9 Å². The van der Waals surface area contributed by atoms with Crippen LogP contribution < -0.4 is 4.90 Å². The Kier molecular flexibility index (Phi) is 7.40. The molecule has 0 radical (unpaired) electrons. The SMILES string of the molecule is COC(=O)c1cnc(N(Cc2ccccc2)Cc2ccccc2)c2[nH]c(-c3ccc(-c4ncc5n4CCCC5)cc3F)cc12. The van der Waals surface area contributed by atoms with Crippen LogP contribution in [-0.4, -0.2) is 32.6 Å². The lowest BCUT2D eigenvalue weighted by atomic mass is 10.1. The molecule has 44 heavy (non-hydrogen) atoms. The fourth-order valence-electron chi connectivity index (χ4n) is 6.11. The number of benzene rings is 3. The highest BCUT2D eigenvalue weighted by molar-refractivity contribution is 6.07. The first-order chi connectivity index (χ1) is 21.6. The molecular weight excluding hydrogens is 553 g/mol. The number of nitrogens with one attached hydrogen (secondary N) is 1. The van der Waals surface area contributed by atoms with Gasteiger partial charge >= 0.3 is 5.97 Å². The third-order valence-electron chi connectivity index (χ3n) is 8.31. The molecule has 220 valence electrons.